The lowest BCUT2D eigenvalue weighted by atomic mass is 10.2. The van der Waals surface area contributed by atoms with E-state index in [-0.39, 0.29) is 6.04 Å². The number of piperazine rings is 1. The van der Waals surface area contributed by atoms with Gasteiger partial charge in [-0.05, 0) is 11.6 Å². The summed E-state index contributed by atoms with van der Waals surface area (Å²) in [5, 5.41) is 10.2. The van der Waals surface area contributed by atoms with Crippen molar-refractivity contribution in [3.05, 3.63) is 41.3 Å². The van der Waals surface area contributed by atoms with Gasteiger partial charge in [0.25, 0.3) is 0 Å². The number of nitrogens with one attached hydrogen (secondary N) is 1. The van der Waals surface area contributed by atoms with E-state index in [0.717, 1.165) is 10.5 Å². The maximum absolute atomic E-state index is 12.3. The van der Waals surface area contributed by atoms with E-state index in [1.54, 1.807) is 6.08 Å². The molecule has 0 bridgehead atoms. The van der Waals surface area contributed by atoms with Gasteiger partial charge >= 0.3 is 0 Å². The van der Waals surface area contributed by atoms with Gasteiger partial charge in [0.15, 0.2) is 6.04 Å². The van der Waals surface area contributed by atoms with Crippen LogP contribution in [0, 0.1) is 11.3 Å². The van der Waals surface area contributed by atoms with Crippen LogP contribution in [0.15, 0.2) is 35.7 Å². The fourth-order valence-electron chi connectivity index (χ4n) is 2.37. The zero-order valence-corrected chi connectivity index (χ0v) is 12.9. The lowest BCUT2D eigenvalue weighted by Crippen LogP contribution is -3.17. The van der Waals surface area contributed by atoms with Crippen LogP contribution in [0.3, 0.4) is 0 Å². The number of nitrogens with zero attached hydrogens (tertiary/aromatic N) is 2. The molecule has 0 aliphatic carbocycles. The molecule has 0 unspecified atom stereocenters. The summed E-state index contributed by atoms with van der Waals surface area (Å²) in [5.74, 6) is 0. The quantitative estimate of drug-likeness (QED) is 0.858. The van der Waals surface area contributed by atoms with Crippen LogP contribution >= 0.6 is 0 Å². The molecule has 1 aliphatic heterocycles. The van der Waals surface area contributed by atoms with Crippen molar-refractivity contribution in [2.75, 3.05) is 26.2 Å². The number of nitriles is 1. The number of rotatable bonds is 4. The molecule has 0 aromatic heterocycles. The smallest absolute Gasteiger partial charge is 0.236 e. The molecule has 21 heavy (non-hydrogen) atoms. The van der Waals surface area contributed by atoms with Gasteiger partial charge in [0.2, 0.25) is 10.0 Å². The average Bonchev–Trinajstić information content (AvgIpc) is 2.53. The topological polar surface area (TPSA) is 65.6 Å². The van der Waals surface area contributed by atoms with Crippen LogP contribution in [-0.2, 0) is 10.0 Å². The van der Waals surface area contributed by atoms with Crippen molar-refractivity contribution in [2.24, 2.45) is 0 Å². The van der Waals surface area contributed by atoms with E-state index >= 15 is 0 Å². The maximum Gasteiger partial charge on any atom is 0.236 e. The third-order valence-electron chi connectivity index (χ3n) is 3.76. The first-order valence-electron chi connectivity index (χ1n) is 7.00. The molecule has 2 rings (SSSR count). The zero-order chi connectivity index (χ0) is 15.3. The minimum atomic E-state index is -3.38. The normalized spacial score (nSPS) is 19.4. The number of hydrogen-bond acceptors (Lipinski definition) is 3. The van der Waals surface area contributed by atoms with Crippen LogP contribution in [0.5, 0.6) is 0 Å². The van der Waals surface area contributed by atoms with Crippen LogP contribution in [0.1, 0.15) is 12.5 Å². The Bertz CT molecular complexity index is 627. The van der Waals surface area contributed by atoms with Gasteiger partial charge in [0.05, 0.1) is 26.2 Å². The maximum atomic E-state index is 12.3. The lowest BCUT2D eigenvalue weighted by Gasteiger charge is -2.31. The number of sulfonamides is 1. The van der Waals surface area contributed by atoms with Crippen molar-refractivity contribution < 1.29 is 13.3 Å². The molecule has 112 valence electrons. The highest BCUT2D eigenvalue weighted by molar-refractivity contribution is 7.92. The Hall–Kier alpha value is -1.68. The molecule has 1 N–H and O–H groups in total. The van der Waals surface area contributed by atoms with Crippen molar-refractivity contribution in [3.63, 3.8) is 0 Å². The highest BCUT2D eigenvalue weighted by Crippen LogP contribution is 2.08. The third kappa shape index (κ3) is 4.14. The van der Waals surface area contributed by atoms with Crippen LogP contribution in [-0.4, -0.2) is 44.9 Å². The highest BCUT2D eigenvalue weighted by atomic mass is 32.2. The largest absolute Gasteiger partial charge is 0.319 e. The summed E-state index contributed by atoms with van der Waals surface area (Å²) in [6.45, 7) is 4.14. The van der Waals surface area contributed by atoms with E-state index in [2.05, 4.69) is 6.07 Å². The van der Waals surface area contributed by atoms with Crippen LogP contribution in [0.2, 0.25) is 0 Å². The molecule has 0 amide bonds. The fraction of sp³-hybridized carbons (Fsp3) is 0.400. The molecule has 1 fully saturated rings. The molecule has 1 atom stereocenters. The van der Waals surface area contributed by atoms with Gasteiger partial charge in [-0.15, -0.1) is 0 Å². The van der Waals surface area contributed by atoms with Gasteiger partial charge in [-0.25, -0.2) is 8.42 Å². The van der Waals surface area contributed by atoms with E-state index in [1.807, 2.05) is 37.3 Å². The van der Waals surface area contributed by atoms with Crippen molar-refractivity contribution >= 4 is 16.1 Å². The first-order chi connectivity index (χ1) is 10.0. The van der Waals surface area contributed by atoms with Gasteiger partial charge < -0.3 is 4.90 Å². The lowest BCUT2D eigenvalue weighted by molar-refractivity contribution is -0.918. The second-order valence-electron chi connectivity index (χ2n) is 5.17. The predicted octanol–water partition coefficient (Wildman–Crippen LogP) is 0.0997. The molecule has 6 heteroatoms. The summed E-state index contributed by atoms with van der Waals surface area (Å²) in [7, 11) is -3.38. The minimum Gasteiger partial charge on any atom is -0.319 e. The molecule has 1 aliphatic rings. The van der Waals surface area contributed by atoms with Crippen LogP contribution in [0.4, 0.5) is 0 Å². The van der Waals surface area contributed by atoms with Gasteiger partial charge in [0, 0.05) is 12.3 Å². The van der Waals surface area contributed by atoms with Crippen LogP contribution in [0.25, 0.3) is 6.08 Å². The SMILES string of the molecule is C[C@H](C#N)[NH+]1CCN(S(=O)(=O)/C=C/c2ccccc2)CC1. The Labute approximate surface area is 126 Å². The molecule has 1 heterocycles. The summed E-state index contributed by atoms with van der Waals surface area (Å²) in [6.07, 6.45) is 1.62. The molecular formula is C15H20N3O2S+. The highest BCUT2D eigenvalue weighted by Gasteiger charge is 2.29. The van der Waals surface area contributed by atoms with Crippen molar-refractivity contribution in [1.82, 2.24) is 4.31 Å². The van der Waals surface area contributed by atoms with E-state index < -0.39 is 10.0 Å². The summed E-state index contributed by atoms with van der Waals surface area (Å²) >= 11 is 0. The van der Waals surface area contributed by atoms with Gasteiger partial charge in [-0.2, -0.15) is 9.57 Å². The van der Waals surface area contributed by atoms with E-state index in [4.69, 9.17) is 5.26 Å². The first-order valence-corrected chi connectivity index (χ1v) is 8.51. The van der Waals surface area contributed by atoms with Crippen molar-refractivity contribution in [3.8, 4) is 6.07 Å². The Morgan fingerprint density at radius 1 is 1.29 bits per heavy atom. The van der Waals surface area contributed by atoms with Crippen molar-refractivity contribution in [1.29, 1.82) is 5.26 Å². The predicted molar refractivity (Wildman–Crippen MR) is 81.7 cm³/mol. The van der Waals surface area contributed by atoms with Crippen LogP contribution < -0.4 is 4.90 Å². The molecule has 0 radical (unpaired) electrons. The molecular weight excluding hydrogens is 286 g/mol. The summed E-state index contributed by atoms with van der Waals surface area (Å²) in [4.78, 5) is 1.15. The Morgan fingerprint density at radius 3 is 2.48 bits per heavy atom. The minimum absolute atomic E-state index is 0.0882. The molecule has 1 aromatic rings. The third-order valence-corrected chi connectivity index (χ3v) is 5.33. The van der Waals surface area contributed by atoms with Crippen molar-refractivity contribution in [2.45, 2.75) is 13.0 Å². The molecule has 5 nitrogen and oxygen atoms in total. The summed E-state index contributed by atoms with van der Waals surface area (Å²) in [6, 6.07) is 11.5. The molecule has 0 saturated carbocycles. The molecule has 1 saturated heterocycles. The molecule has 1 aromatic carbocycles. The Kier molecular flexibility index (Phi) is 5.12. The van der Waals surface area contributed by atoms with E-state index in [0.29, 0.717) is 26.2 Å². The summed E-state index contributed by atoms with van der Waals surface area (Å²) in [5.41, 5.74) is 0.864. The number of quaternary nitrogens is 1. The Balaban J connectivity index is 1.99. The van der Waals surface area contributed by atoms with Gasteiger partial charge in [0.1, 0.15) is 6.07 Å². The fourth-order valence-corrected chi connectivity index (χ4v) is 3.56. The zero-order valence-electron chi connectivity index (χ0n) is 12.1. The second kappa shape index (κ2) is 6.85. The first kappa shape index (κ1) is 15.7. The number of benzene rings is 1. The standard InChI is InChI=1S/C15H19N3O2S/c1-14(13-16)17-8-10-18(11-9-17)21(19,20)12-7-15-5-3-2-4-6-15/h2-7,12,14H,8-11H2,1H3/p+1/b12-7+/t14-/m1/s1. The average molecular weight is 306 g/mol. The van der Waals surface area contributed by atoms with Gasteiger partial charge in [-0.1, -0.05) is 30.3 Å². The monoisotopic (exact) mass is 306 g/mol. The molecule has 0 spiro atoms. The number of hydrogen-bond donors (Lipinski definition) is 1. The second-order valence-corrected chi connectivity index (χ2v) is 6.98. The Morgan fingerprint density at radius 2 is 1.90 bits per heavy atom. The van der Waals surface area contributed by atoms with E-state index in [1.165, 1.54) is 9.71 Å². The van der Waals surface area contributed by atoms with E-state index in [9.17, 15) is 8.42 Å². The summed E-state index contributed by atoms with van der Waals surface area (Å²) < 4.78 is 26.0. The van der Waals surface area contributed by atoms with Gasteiger partial charge in [-0.3, -0.25) is 0 Å².